The third kappa shape index (κ3) is 1.93. The molecule has 3 heteroatoms. The minimum atomic E-state index is -0.129. The van der Waals surface area contributed by atoms with Gasteiger partial charge in [-0.2, -0.15) is 0 Å². The third-order valence-electron chi connectivity index (χ3n) is 1.58. The first-order valence-corrected chi connectivity index (χ1v) is 3.48. The second kappa shape index (κ2) is 3.37. The van der Waals surface area contributed by atoms with Crippen LogP contribution in [0, 0.1) is 0 Å². The molecular weight excluding hydrogens is 140 g/mol. The van der Waals surface area contributed by atoms with Gasteiger partial charge in [-0.25, -0.2) is 0 Å². The van der Waals surface area contributed by atoms with Crippen LogP contribution in [0.1, 0.15) is 11.6 Å². The van der Waals surface area contributed by atoms with Crippen LogP contribution in [0.5, 0.6) is 5.75 Å². The van der Waals surface area contributed by atoms with Gasteiger partial charge in [0.2, 0.25) is 0 Å². The summed E-state index contributed by atoms with van der Waals surface area (Å²) < 4.78 is 0. The molecule has 0 radical (unpaired) electrons. The second-order valence-electron chi connectivity index (χ2n) is 2.43. The Balaban J connectivity index is 2.81. The summed E-state index contributed by atoms with van der Waals surface area (Å²) in [6, 6.07) is 6.62. The predicted octanol–water partition coefficient (Wildman–Crippen LogP) is 0.351. The molecule has 0 bridgehead atoms. The van der Waals surface area contributed by atoms with Crippen LogP contribution in [0.15, 0.2) is 24.3 Å². The summed E-state index contributed by atoms with van der Waals surface area (Å²) in [5.41, 5.74) is 11.9. The van der Waals surface area contributed by atoms with Crippen molar-refractivity contribution in [2.24, 2.45) is 11.5 Å². The number of benzene rings is 1. The van der Waals surface area contributed by atoms with Crippen LogP contribution in [-0.2, 0) is 0 Å². The highest BCUT2D eigenvalue weighted by Crippen LogP contribution is 2.13. The summed E-state index contributed by atoms with van der Waals surface area (Å²) in [5.74, 6) is 0.248. The Bertz CT molecular complexity index is 220. The first-order valence-electron chi connectivity index (χ1n) is 3.48. The Labute approximate surface area is 65.6 Å². The zero-order valence-corrected chi connectivity index (χ0v) is 6.20. The average molecular weight is 152 g/mol. The fraction of sp³-hybridized carbons (Fsp3) is 0.250. The molecule has 0 aliphatic rings. The number of rotatable bonds is 2. The van der Waals surface area contributed by atoms with Crippen LogP contribution in [0.3, 0.4) is 0 Å². The van der Waals surface area contributed by atoms with E-state index in [0.29, 0.717) is 6.54 Å². The minimum Gasteiger partial charge on any atom is -0.508 e. The second-order valence-corrected chi connectivity index (χ2v) is 2.43. The molecule has 5 N–H and O–H groups in total. The molecular formula is C8H12N2O. The van der Waals surface area contributed by atoms with E-state index in [2.05, 4.69) is 0 Å². The molecule has 0 spiro atoms. The van der Waals surface area contributed by atoms with Crippen LogP contribution >= 0.6 is 0 Å². The van der Waals surface area contributed by atoms with Gasteiger partial charge in [0.05, 0.1) is 0 Å². The van der Waals surface area contributed by atoms with Crippen molar-refractivity contribution in [1.82, 2.24) is 0 Å². The molecule has 0 heterocycles. The van der Waals surface area contributed by atoms with Crippen molar-refractivity contribution in [1.29, 1.82) is 0 Å². The Morgan fingerprint density at radius 2 is 1.82 bits per heavy atom. The topological polar surface area (TPSA) is 72.3 Å². The van der Waals surface area contributed by atoms with Gasteiger partial charge in [-0.05, 0) is 17.7 Å². The van der Waals surface area contributed by atoms with Gasteiger partial charge >= 0.3 is 0 Å². The highest BCUT2D eigenvalue weighted by atomic mass is 16.3. The molecule has 3 nitrogen and oxygen atoms in total. The highest BCUT2D eigenvalue weighted by molar-refractivity contribution is 5.27. The van der Waals surface area contributed by atoms with E-state index in [9.17, 15) is 0 Å². The van der Waals surface area contributed by atoms with Crippen LogP contribution in [0.25, 0.3) is 0 Å². The molecule has 0 aromatic heterocycles. The van der Waals surface area contributed by atoms with E-state index in [0.717, 1.165) is 5.56 Å². The normalized spacial score (nSPS) is 12.9. The maximum Gasteiger partial charge on any atom is 0.115 e. The fourth-order valence-electron chi connectivity index (χ4n) is 0.858. The van der Waals surface area contributed by atoms with E-state index >= 15 is 0 Å². The summed E-state index contributed by atoms with van der Waals surface area (Å²) >= 11 is 0. The van der Waals surface area contributed by atoms with Crippen molar-refractivity contribution in [2.45, 2.75) is 6.04 Å². The Hall–Kier alpha value is -1.06. The number of hydrogen-bond acceptors (Lipinski definition) is 3. The van der Waals surface area contributed by atoms with E-state index in [1.807, 2.05) is 0 Å². The maximum absolute atomic E-state index is 8.94. The van der Waals surface area contributed by atoms with Gasteiger partial charge < -0.3 is 16.6 Å². The van der Waals surface area contributed by atoms with Crippen LogP contribution in [0.4, 0.5) is 0 Å². The first kappa shape index (κ1) is 8.04. The number of hydrogen-bond donors (Lipinski definition) is 3. The molecule has 1 rings (SSSR count). The van der Waals surface area contributed by atoms with Crippen molar-refractivity contribution in [3.63, 3.8) is 0 Å². The van der Waals surface area contributed by atoms with E-state index in [1.165, 1.54) is 0 Å². The zero-order valence-electron chi connectivity index (χ0n) is 6.20. The largest absolute Gasteiger partial charge is 0.508 e. The molecule has 1 atom stereocenters. The smallest absolute Gasteiger partial charge is 0.115 e. The van der Waals surface area contributed by atoms with Gasteiger partial charge in [-0.1, -0.05) is 12.1 Å². The van der Waals surface area contributed by atoms with Crippen molar-refractivity contribution >= 4 is 0 Å². The van der Waals surface area contributed by atoms with E-state index < -0.39 is 0 Å². The number of phenols is 1. The molecule has 0 fully saturated rings. The van der Waals surface area contributed by atoms with Gasteiger partial charge in [-0.3, -0.25) is 0 Å². The van der Waals surface area contributed by atoms with Crippen LogP contribution in [-0.4, -0.2) is 11.7 Å². The lowest BCUT2D eigenvalue weighted by atomic mass is 10.1. The quantitative estimate of drug-likeness (QED) is 0.572. The first-order chi connectivity index (χ1) is 5.24. The van der Waals surface area contributed by atoms with Gasteiger partial charge in [0.15, 0.2) is 0 Å². The highest BCUT2D eigenvalue weighted by Gasteiger charge is 2.01. The Morgan fingerprint density at radius 3 is 2.27 bits per heavy atom. The average Bonchev–Trinajstić information content (AvgIpc) is 2.05. The third-order valence-corrected chi connectivity index (χ3v) is 1.58. The number of phenolic OH excluding ortho intramolecular Hbond substituents is 1. The molecule has 1 aromatic rings. The van der Waals surface area contributed by atoms with Gasteiger partial charge in [0.1, 0.15) is 5.75 Å². The maximum atomic E-state index is 8.94. The molecule has 1 aromatic carbocycles. The van der Waals surface area contributed by atoms with Crippen LogP contribution in [0.2, 0.25) is 0 Å². The summed E-state index contributed by atoms with van der Waals surface area (Å²) in [7, 11) is 0. The zero-order chi connectivity index (χ0) is 8.27. The summed E-state index contributed by atoms with van der Waals surface area (Å²) in [5, 5.41) is 8.94. The Kier molecular flexibility index (Phi) is 2.46. The molecule has 0 unspecified atom stereocenters. The minimum absolute atomic E-state index is 0.129. The fourth-order valence-corrected chi connectivity index (χ4v) is 0.858. The SMILES string of the molecule is NC[C@@H](N)c1ccc(O)cc1. The van der Waals surface area contributed by atoms with Crippen molar-refractivity contribution in [3.05, 3.63) is 29.8 Å². The molecule has 0 amide bonds. The number of nitrogens with two attached hydrogens (primary N) is 2. The van der Waals surface area contributed by atoms with Crippen molar-refractivity contribution in [3.8, 4) is 5.75 Å². The lowest BCUT2D eigenvalue weighted by Crippen LogP contribution is -2.20. The number of aromatic hydroxyl groups is 1. The molecule has 11 heavy (non-hydrogen) atoms. The van der Waals surface area contributed by atoms with Crippen molar-refractivity contribution in [2.75, 3.05) is 6.54 Å². The molecule has 60 valence electrons. The molecule has 0 saturated heterocycles. The molecule has 0 aliphatic carbocycles. The summed E-state index contributed by atoms with van der Waals surface area (Å²) in [4.78, 5) is 0. The van der Waals surface area contributed by atoms with E-state index in [4.69, 9.17) is 16.6 Å². The predicted molar refractivity (Wildman–Crippen MR) is 44.1 cm³/mol. The molecule has 0 saturated carbocycles. The standard InChI is InChI=1S/C8H12N2O/c9-5-8(10)6-1-3-7(11)4-2-6/h1-4,8,11H,5,9-10H2/t8-/m1/s1. The van der Waals surface area contributed by atoms with E-state index in [1.54, 1.807) is 24.3 Å². The monoisotopic (exact) mass is 152 g/mol. The Morgan fingerprint density at radius 1 is 1.27 bits per heavy atom. The van der Waals surface area contributed by atoms with Crippen LogP contribution < -0.4 is 11.5 Å². The lowest BCUT2D eigenvalue weighted by molar-refractivity contribution is 0.475. The van der Waals surface area contributed by atoms with Gasteiger partial charge in [0, 0.05) is 12.6 Å². The van der Waals surface area contributed by atoms with Gasteiger partial charge in [-0.15, -0.1) is 0 Å². The van der Waals surface area contributed by atoms with E-state index in [-0.39, 0.29) is 11.8 Å². The van der Waals surface area contributed by atoms with Gasteiger partial charge in [0.25, 0.3) is 0 Å². The summed E-state index contributed by atoms with van der Waals surface area (Å²) in [6.07, 6.45) is 0. The molecule has 0 aliphatic heterocycles. The van der Waals surface area contributed by atoms with Crippen molar-refractivity contribution < 1.29 is 5.11 Å². The lowest BCUT2D eigenvalue weighted by Gasteiger charge is -2.07. The summed E-state index contributed by atoms with van der Waals surface area (Å²) in [6.45, 7) is 0.421.